The molecule has 0 bridgehead atoms. The second-order valence-electron chi connectivity index (χ2n) is 17.4. The van der Waals surface area contributed by atoms with E-state index in [4.69, 9.17) is 21.4 Å². The van der Waals surface area contributed by atoms with E-state index >= 15 is 0 Å². The molecule has 0 spiro atoms. The number of halogens is 1. The van der Waals surface area contributed by atoms with Crippen molar-refractivity contribution in [3.05, 3.63) is 92.7 Å². The quantitative estimate of drug-likeness (QED) is 0.0930. The molecule has 8 rings (SSSR count). The average molecular weight is 978 g/mol. The average Bonchev–Trinajstić information content (AvgIpc) is 3.73. The largest absolute Gasteiger partial charge is 0.479 e. The van der Waals surface area contributed by atoms with Crippen molar-refractivity contribution in [2.45, 2.75) is 62.9 Å². The Hall–Kier alpha value is -6.42. The van der Waals surface area contributed by atoms with E-state index in [9.17, 15) is 42.3 Å². The summed E-state index contributed by atoms with van der Waals surface area (Å²) in [6.07, 6.45) is 1.37. The summed E-state index contributed by atoms with van der Waals surface area (Å²) in [5.74, 6) is -3.91. The Morgan fingerprint density at radius 3 is 2.36 bits per heavy atom. The standard InChI is InChI=1S/C45H49ClN8O11S2/c1-45(2)23-30(47-29-9-5-7-27(21-29)39-37(46)38(65-24-36(56)57)40(66-39)42(59)60)14-15-53(45)67(63,64)25-26-6-4-8-28(20-26)48-43(61)52-18-16-51(17-19-52)31-10-11-32-34(22-31)50(3)44(62)54(32)33-12-13-35(55)49-41(33)58/h4-11,20-22,30,33,47H,12-19,23-25H2,1-3H3,(H,48,61)(H,56,57)(H,59,60)(H,49,55,58)/t30-,33?/m0/s1. The maximum absolute atomic E-state index is 14.0. The van der Waals surface area contributed by atoms with Crippen LogP contribution in [0.1, 0.15) is 60.8 Å². The molecule has 0 radical (unpaired) electrons. The predicted octanol–water partition coefficient (Wildman–Crippen LogP) is 5.40. The number of aromatic carboxylic acids is 1. The zero-order chi connectivity index (χ0) is 47.9. The summed E-state index contributed by atoms with van der Waals surface area (Å²) in [7, 11) is -2.17. The number of carboxylic acids is 2. The second-order valence-corrected chi connectivity index (χ2v) is 20.7. The third-order valence-corrected chi connectivity index (χ3v) is 16.1. The van der Waals surface area contributed by atoms with E-state index < -0.39 is 46.1 Å². The number of hydrogen-bond acceptors (Lipinski definition) is 12. The molecular weight excluding hydrogens is 928 g/mol. The van der Waals surface area contributed by atoms with Crippen LogP contribution in [0.25, 0.3) is 21.5 Å². The Labute approximate surface area is 393 Å². The molecule has 67 heavy (non-hydrogen) atoms. The van der Waals surface area contributed by atoms with E-state index in [0.29, 0.717) is 77.4 Å². The molecule has 3 fully saturated rings. The Kier molecular flexibility index (Phi) is 13.1. The number of carboxylic acid groups (broad SMARTS) is 2. The van der Waals surface area contributed by atoms with Crippen LogP contribution in [0.4, 0.5) is 21.9 Å². The zero-order valence-corrected chi connectivity index (χ0v) is 39.2. The summed E-state index contributed by atoms with van der Waals surface area (Å²) in [5.41, 5.74) is 3.24. The number of fused-ring (bicyclic) bond motifs is 1. The van der Waals surface area contributed by atoms with Gasteiger partial charge in [0.1, 0.15) is 11.1 Å². The third-order valence-electron chi connectivity index (χ3n) is 12.3. The van der Waals surface area contributed by atoms with Gasteiger partial charge in [0.15, 0.2) is 17.2 Å². The normalized spacial score (nSPS) is 19.0. The fourth-order valence-electron chi connectivity index (χ4n) is 9.17. The molecule has 4 amide bonds. The highest BCUT2D eigenvalue weighted by molar-refractivity contribution is 7.88. The van der Waals surface area contributed by atoms with Crippen LogP contribution in [0, 0.1) is 0 Å². The summed E-state index contributed by atoms with van der Waals surface area (Å²) in [6.45, 7) is 5.09. The van der Waals surface area contributed by atoms with Crippen molar-refractivity contribution in [2.75, 3.05) is 54.9 Å². The van der Waals surface area contributed by atoms with Gasteiger partial charge >= 0.3 is 23.7 Å². The minimum atomic E-state index is -3.82. The molecule has 2 aromatic heterocycles. The van der Waals surface area contributed by atoms with Crippen LogP contribution in [0.5, 0.6) is 5.75 Å². The lowest BCUT2D eigenvalue weighted by atomic mass is 9.89. The van der Waals surface area contributed by atoms with Gasteiger partial charge in [-0.3, -0.25) is 24.0 Å². The molecule has 3 aliphatic rings. The van der Waals surface area contributed by atoms with Gasteiger partial charge in [0.05, 0.1) is 21.7 Å². The molecule has 3 saturated heterocycles. The first-order valence-corrected chi connectivity index (χ1v) is 24.3. The number of ether oxygens (including phenoxy) is 1. The van der Waals surface area contributed by atoms with Crippen LogP contribution in [0.2, 0.25) is 5.02 Å². The lowest BCUT2D eigenvalue weighted by molar-refractivity contribution is -0.139. The number of nitrogens with zero attached hydrogens (tertiary/aromatic N) is 5. The van der Waals surface area contributed by atoms with Crippen molar-refractivity contribution < 1.29 is 47.3 Å². The molecule has 3 aromatic carbocycles. The highest BCUT2D eigenvalue weighted by Crippen LogP contribution is 2.46. The monoisotopic (exact) mass is 976 g/mol. The summed E-state index contributed by atoms with van der Waals surface area (Å²) >= 11 is 7.39. The molecule has 354 valence electrons. The highest BCUT2D eigenvalue weighted by Gasteiger charge is 2.42. The Morgan fingerprint density at radius 2 is 1.66 bits per heavy atom. The number of urea groups is 1. The second kappa shape index (κ2) is 18.7. The van der Waals surface area contributed by atoms with Gasteiger partial charge in [-0.25, -0.2) is 27.6 Å². The number of rotatable bonds is 13. The number of aliphatic carboxylic acids is 1. The van der Waals surface area contributed by atoms with E-state index in [1.165, 1.54) is 13.4 Å². The molecule has 0 aliphatic carbocycles. The number of anilines is 3. The van der Waals surface area contributed by atoms with Gasteiger partial charge in [-0.2, -0.15) is 4.31 Å². The lowest BCUT2D eigenvalue weighted by Crippen LogP contribution is -2.55. The molecular formula is C45H49ClN8O11S2. The van der Waals surface area contributed by atoms with Crippen LogP contribution in [-0.2, 0) is 37.2 Å². The summed E-state index contributed by atoms with van der Waals surface area (Å²) in [4.78, 5) is 78.0. The van der Waals surface area contributed by atoms with Crippen LogP contribution in [0.15, 0.2) is 71.5 Å². The maximum Gasteiger partial charge on any atom is 0.349 e. The molecule has 22 heteroatoms. The minimum absolute atomic E-state index is 0.00497. The number of carbonyl (C=O) groups is 5. The molecule has 2 atom stereocenters. The number of piperazine rings is 1. The first-order valence-electron chi connectivity index (χ1n) is 21.5. The number of aryl methyl sites for hydroxylation is 1. The van der Waals surface area contributed by atoms with E-state index in [2.05, 4.69) is 20.9 Å². The van der Waals surface area contributed by atoms with Crippen molar-refractivity contribution in [2.24, 2.45) is 7.05 Å². The first-order chi connectivity index (χ1) is 31.8. The van der Waals surface area contributed by atoms with E-state index in [1.54, 1.807) is 60.5 Å². The molecule has 0 saturated carbocycles. The summed E-state index contributed by atoms with van der Waals surface area (Å²) in [6, 6.07) is 18.3. The minimum Gasteiger partial charge on any atom is -0.479 e. The van der Waals surface area contributed by atoms with Gasteiger partial charge in [-0.1, -0.05) is 35.9 Å². The molecule has 1 unspecified atom stereocenters. The van der Waals surface area contributed by atoms with Crippen molar-refractivity contribution in [1.29, 1.82) is 0 Å². The number of imide groups is 1. The topological polar surface area (TPSA) is 242 Å². The lowest BCUT2D eigenvalue weighted by Gasteiger charge is -2.45. The van der Waals surface area contributed by atoms with Gasteiger partial charge in [0.25, 0.3) is 0 Å². The number of piperidine rings is 2. The molecule has 3 aliphatic heterocycles. The molecule has 19 nitrogen and oxygen atoms in total. The van der Waals surface area contributed by atoms with E-state index in [1.807, 2.05) is 32.0 Å². The van der Waals surface area contributed by atoms with Crippen molar-refractivity contribution >= 4 is 90.8 Å². The first kappa shape index (κ1) is 47.1. The van der Waals surface area contributed by atoms with Gasteiger partial charge < -0.3 is 35.4 Å². The number of amides is 4. The number of aromatic nitrogens is 2. The zero-order valence-electron chi connectivity index (χ0n) is 36.8. The van der Waals surface area contributed by atoms with Crippen LogP contribution < -0.4 is 31.3 Å². The number of sulfonamides is 1. The predicted molar refractivity (Wildman–Crippen MR) is 253 cm³/mol. The van der Waals surface area contributed by atoms with Crippen molar-refractivity contribution in [3.63, 3.8) is 0 Å². The Morgan fingerprint density at radius 1 is 0.925 bits per heavy atom. The highest BCUT2D eigenvalue weighted by atomic mass is 35.5. The van der Waals surface area contributed by atoms with Crippen molar-refractivity contribution in [1.82, 2.24) is 23.7 Å². The van der Waals surface area contributed by atoms with Gasteiger partial charge in [-0.15, -0.1) is 11.3 Å². The number of thiophene rings is 1. The number of hydrogen-bond donors (Lipinski definition) is 5. The smallest absolute Gasteiger partial charge is 0.349 e. The number of carbonyl (C=O) groups excluding carboxylic acids is 3. The van der Waals surface area contributed by atoms with Crippen LogP contribution >= 0.6 is 22.9 Å². The number of imidazole rings is 1. The summed E-state index contributed by atoms with van der Waals surface area (Å²) in [5, 5.41) is 27.5. The molecule has 5 N–H and O–H groups in total. The van der Waals surface area contributed by atoms with Gasteiger partial charge in [-0.05, 0) is 86.7 Å². The number of benzene rings is 3. The fourth-order valence-corrected chi connectivity index (χ4v) is 12.5. The number of nitrogens with one attached hydrogen (secondary N) is 3. The van der Waals surface area contributed by atoms with Crippen LogP contribution in [0.3, 0.4) is 0 Å². The van der Waals surface area contributed by atoms with Gasteiger partial charge in [0.2, 0.25) is 21.8 Å². The van der Waals surface area contributed by atoms with Crippen LogP contribution in [-0.4, -0.2) is 118 Å². The summed E-state index contributed by atoms with van der Waals surface area (Å²) < 4.78 is 37.7. The Bertz CT molecular complexity index is 2980. The molecule has 5 aromatic rings. The van der Waals surface area contributed by atoms with E-state index in [-0.39, 0.29) is 64.5 Å². The van der Waals surface area contributed by atoms with Crippen molar-refractivity contribution in [3.8, 4) is 16.2 Å². The fraction of sp³-hybridized carbons (Fsp3) is 0.378. The SMILES string of the molecule is Cn1c(=O)n(C2CCC(=O)NC2=O)c2ccc(N3CCN(C(=O)Nc4cccc(CS(=O)(=O)N5CC[C@H](Nc6cccc(-c7sc(C(=O)O)c(OCC(=O)O)c7Cl)c6)CC5(C)C)c4)CC3)cc21. The maximum atomic E-state index is 14.0. The Balaban J connectivity index is 0.858. The third kappa shape index (κ3) is 9.85. The van der Waals surface area contributed by atoms with Gasteiger partial charge in [0, 0.05) is 74.8 Å². The molecule has 5 heterocycles. The van der Waals surface area contributed by atoms with E-state index in [0.717, 1.165) is 17.0 Å².